The summed E-state index contributed by atoms with van der Waals surface area (Å²) in [4.78, 5) is 4.55. The van der Waals surface area contributed by atoms with Crippen molar-refractivity contribution in [3.63, 3.8) is 0 Å². The SMILES string of the molecule is Oc1ccc(NCc2nc(C3CCCC3)n[nH]2)cc1. The summed E-state index contributed by atoms with van der Waals surface area (Å²) in [5, 5.41) is 19.8. The second kappa shape index (κ2) is 5.30. The molecule has 1 aliphatic carbocycles. The molecule has 0 saturated heterocycles. The fourth-order valence-corrected chi connectivity index (χ4v) is 2.52. The number of aromatic hydroxyl groups is 1. The summed E-state index contributed by atoms with van der Waals surface area (Å²) < 4.78 is 0. The maximum absolute atomic E-state index is 9.21. The lowest BCUT2D eigenvalue weighted by molar-refractivity contribution is 0.475. The molecule has 1 aromatic heterocycles. The quantitative estimate of drug-likeness (QED) is 0.737. The van der Waals surface area contributed by atoms with Gasteiger partial charge in [-0.2, -0.15) is 5.10 Å². The van der Waals surface area contributed by atoms with Crippen molar-refractivity contribution in [1.82, 2.24) is 15.2 Å². The molecule has 3 N–H and O–H groups in total. The number of nitrogens with zero attached hydrogens (tertiary/aromatic N) is 2. The molecule has 1 aliphatic rings. The Labute approximate surface area is 112 Å². The zero-order chi connectivity index (χ0) is 13.1. The highest BCUT2D eigenvalue weighted by Gasteiger charge is 2.20. The number of aromatic nitrogens is 3. The first kappa shape index (κ1) is 12.0. The first-order chi connectivity index (χ1) is 9.31. The van der Waals surface area contributed by atoms with Crippen LogP contribution in [0.25, 0.3) is 0 Å². The zero-order valence-corrected chi connectivity index (χ0v) is 10.8. The number of phenolic OH excluding ortho intramolecular Hbond substituents is 1. The Morgan fingerprint density at radius 1 is 1.21 bits per heavy atom. The third kappa shape index (κ3) is 2.86. The number of aromatic amines is 1. The fourth-order valence-electron chi connectivity index (χ4n) is 2.52. The second-order valence-electron chi connectivity index (χ2n) is 5.02. The summed E-state index contributed by atoms with van der Waals surface area (Å²) in [5.74, 6) is 2.63. The number of hydrogen-bond donors (Lipinski definition) is 3. The molecule has 19 heavy (non-hydrogen) atoms. The van der Waals surface area contributed by atoms with E-state index in [-0.39, 0.29) is 5.75 Å². The van der Waals surface area contributed by atoms with Crippen molar-refractivity contribution in [1.29, 1.82) is 0 Å². The van der Waals surface area contributed by atoms with E-state index in [0.717, 1.165) is 17.3 Å². The minimum atomic E-state index is 0.272. The smallest absolute Gasteiger partial charge is 0.153 e. The molecule has 3 rings (SSSR count). The average Bonchev–Trinajstić information content (AvgIpc) is 3.09. The molecular weight excluding hydrogens is 240 g/mol. The van der Waals surface area contributed by atoms with E-state index >= 15 is 0 Å². The molecule has 1 heterocycles. The van der Waals surface area contributed by atoms with E-state index in [1.54, 1.807) is 12.1 Å². The Kier molecular flexibility index (Phi) is 3.35. The third-order valence-corrected chi connectivity index (χ3v) is 3.60. The van der Waals surface area contributed by atoms with Gasteiger partial charge in [0.2, 0.25) is 0 Å². The molecule has 0 amide bonds. The number of nitrogens with one attached hydrogen (secondary N) is 2. The van der Waals surface area contributed by atoms with Crippen LogP contribution in [-0.4, -0.2) is 20.3 Å². The Morgan fingerprint density at radius 3 is 2.68 bits per heavy atom. The van der Waals surface area contributed by atoms with Crippen LogP contribution < -0.4 is 5.32 Å². The summed E-state index contributed by atoms with van der Waals surface area (Å²) in [6.45, 7) is 0.616. The van der Waals surface area contributed by atoms with E-state index in [1.807, 2.05) is 12.1 Å². The third-order valence-electron chi connectivity index (χ3n) is 3.60. The maximum Gasteiger partial charge on any atom is 0.153 e. The molecule has 1 fully saturated rings. The van der Waals surface area contributed by atoms with Gasteiger partial charge >= 0.3 is 0 Å². The monoisotopic (exact) mass is 258 g/mol. The van der Waals surface area contributed by atoms with Crippen molar-refractivity contribution in [2.75, 3.05) is 5.32 Å². The average molecular weight is 258 g/mol. The minimum absolute atomic E-state index is 0.272. The van der Waals surface area contributed by atoms with E-state index in [2.05, 4.69) is 20.5 Å². The normalized spacial score (nSPS) is 15.8. The second-order valence-corrected chi connectivity index (χ2v) is 5.02. The van der Waals surface area contributed by atoms with Crippen LogP contribution >= 0.6 is 0 Å². The van der Waals surface area contributed by atoms with Gasteiger partial charge in [-0.05, 0) is 37.1 Å². The lowest BCUT2D eigenvalue weighted by atomic mass is 10.1. The summed E-state index contributed by atoms with van der Waals surface area (Å²) in [7, 11) is 0. The van der Waals surface area contributed by atoms with Crippen LogP contribution in [0, 0.1) is 0 Å². The lowest BCUT2D eigenvalue weighted by Gasteiger charge is -2.04. The van der Waals surface area contributed by atoms with Crippen LogP contribution in [0.4, 0.5) is 5.69 Å². The Bertz CT molecular complexity index is 529. The van der Waals surface area contributed by atoms with Gasteiger partial charge in [-0.1, -0.05) is 12.8 Å². The van der Waals surface area contributed by atoms with Gasteiger partial charge in [0.25, 0.3) is 0 Å². The number of anilines is 1. The summed E-state index contributed by atoms with van der Waals surface area (Å²) in [5.41, 5.74) is 0.955. The predicted molar refractivity (Wildman–Crippen MR) is 73.0 cm³/mol. The maximum atomic E-state index is 9.21. The Morgan fingerprint density at radius 2 is 1.95 bits per heavy atom. The van der Waals surface area contributed by atoms with Gasteiger partial charge in [-0.25, -0.2) is 4.98 Å². The van der Waals surface area contributed by atoms with Crippen molar-refractivity contribution in [3.8, 4) is 5.75 Å². The van der Waals surface area contributed by atoms with Gasteiger partial charge < -0.3 is 10.4 Å². The Hall–Kier alpha value is -2.04. The minimum Gasteiger partial charge on any atom is -0.508 e. The molecule has 5 heteroatoms. The van der Waals surface area contributed by atoms with Gasteiger partial charge in [0.05, 0.1) is 6.54 Å². The van der Waals surface area contributed by atoms with E-state index in [9.17, 15) is 5.11 Å². The van der Waals surface area contributed by atoms with Gasteiger partial charge in [0.15, 0.2) is 5.82 Å². The van der Waals surface area contributed by atoms with E-state index in [1.165, 1.54) is 25.7 Å². The van der Waals surface area contributed by atoms with E-state index < -0.39 is 0 Å². The standard InChI is InChI=1S/C14H18N4O/c19-12-7-5-11(6-8-12)15-9-13-16-14(18-17-13)10-3-1-2-4-10/h5-8,10,15,19H,1-4,9H2,(H,16,17,18). The fraction of sp³-hybridized carbons (Fsp3) is 0.429. The summed E-state index contributed by atoms with van der Waals surface area (Å²) >= 11 is 0. The van der Waals surface area contributed by atoms with Crippen LogP contribution in [0.15, 0.2) is 24.3 Å². The first-order valence-corrected chi connectivity index (χ1v) is 6.75. The molecule has 5 nitrogen and oxygen atoms in total. The van der Waals surface area contributed by atoms with Gasteiger partial charge in [-0.3, -0.25) is 5.10 Å². The number of hydrogen-bond acceptors (Lipinski definition) is 4. The van der Waals surface area contributed by atoms with Crippen LogP contribution in [0.3, 0.4) is 0 Å². The highest BCUT2D eigenvalue weighted by molar-refractivity contribution is 5.45. The van der Waals surface area contributed by atoms with Crippen LogP contribution in [0.5, 0.6) is 5.75 Å². The van der Waals surface area contributed by atoms with Gasteiger partial charge in [-0.15, -0.1) is 0 Å². The topological polar surface area (TPSA) is 73.8 Å². The summed E-state index contributed by atoms with van der Waals surface area (Å²) in [6.07, 6.45) is 5.01. The van der Waals surface area contributed by atoms with Gasteiger partial charge in [0.1, 0.15) is 11.6 Å². The number of H-pyrrole nitrogens is 1. The molecule has 0 aliphatic heterocycles. The van der Waals surface area contributed by atoms with Crippen molar-refractivity contribution < 1.29 is 5.11 Å². The van der Waals surface area contributed by atoms with Crippen LogP contribution in [0.2, 0.25) is 0 Å². The molecule has 0 unspecified atom stereocenters. The largest absolute Gasteiger partial charge is 0.508 e. The predicted octanol–water partition coefficient (Wildman–Crippen LogP) is 2.78. The van der Waals surface area contributed by atoms with Crippen LogP contribution in [-0.2, 0) is 6.54 Å². The molecule has 0 radical (unpaired) electrons. The molecule has 2 aromatic rings. The zero-order valence-electron chi connectivity index (χ0n) is 10.8. The molecule has 1 aromatic carbocycles. The number of phenols is 1. The molecule has 1 saturated carbocycles. The lowest BCUT2D eigenvalue weighted by Crippen LogP contribution is -2.01. The molecule has 100 valence electrons. The first-order valence-electron chi connectivity index (χ1n) is 6.75. The van der Waals surface area contributed by atoms with Crippen molar-refractivity contribution in [3.05, 3.63) is 35.9 Å². The highest BCUT2D eigenvalue weighted by Crippen LogP contribution is 2.31. The van der Waals surface area contributed by atoms with Crippen molar-refractivity contribution >= 4 is 5.69 Å². The van der Waals surface area contributed by atoms with Crippen molar-refractivity contribution in [2.24, 2.45) is 0 Å². The Balaban J connectivity index is 1.59. The van der Waals surface area contributed by atoms with Crippen LogP contribution in [0.1, 0.15) is 43.3 Å². The van der Waals surface area contributed by atoms with Crippen molar-refractivity contribution in [2.45, 2.75) is 38.1 Å². The molecule has 0 spiro atoms. The summed E-state index contributed by atoms with van der Waals surface area (Å²) in [6, 6.07) is 6.99. The molecule has 0 bridgehead atoms. The number of benzene rings is 1. The highest BCUT2D eigenvalue weighted by atomic mass is 16.3. The number of rotatable bonds is 4. The van der Waals surface area contributed by atoms with E-state index in [0.29, 0.717) is 12.5 Å². The molecular formula is C14H18N4O. The molecule has 0 atom stereocenters. The van der Waals surface area contributed by atoms with E-state index in [4.69, 9.17) is 0 Å². The van der Waals surface area contributed by atoms with Gasteiger partial charge in [0, 0.05) is 11.6 Å².